The zero-order valence-electron chi connectivity index (χ0n) is 27.3. The van der Waals surface area contributed by atoms with Crippen LogP contribution in [0.2, 0.25) is 0 Å². The van der Waals surface area contributed by atoms with Crippen molar-refractivity contribution in [1.29, 1.82) is 0 Å². The predicted molar refractivity (Wildman–Crippen MR) is 209 cm³/mol. The summed E-state index contributed by atoms with van der Waals surface area (Å²) in [6.45, 7) is 0.723. The molecule has 0 aliphatic carbocycles. The van der Waals surface area contributed by atoms with Gasteiger partial charge in [0, 0.05) is 39.5 Å². The van der Waals surface area contributed by atoms with E-state index in [4.69, 9.17) is 9.97 Å². The molecule has 8 aromatic carbocycles. The highest BCUT2D eigenvalue weighted by molar-refractivity contribution is 6.21. The van der Waals surface area contributed by atoms with Gasteiger partial charge in [-0.25, -0.2) is 9.97 Å². The zero-order chi connectivity index (χ0) is 33.0. The van der Waals surface area contributed by atoms with Gasteiger partial charge in [0.05, 0.1) is 16.9 Å². The molecule has 0 fully saturated rings. The molecule has 0 aliphatic heterocycles. The first-order valence-electron chi connectivity index (χ1n) is 17.1. The van der Waals surface area contributed by atoms with Gasteiger partial charge in [-0.15, -0.1) is 0 Å². The summed E-state index contributed by atoms with van der Waals surface area (Å²) in [5.74, 6) is 0.721. The van der Waals surface area contributed by atoms with Crippen LogP contribution in [0.1, 0.15) is 5.56 Å². The van der Waals surface area contributed by atoms with Crippen molar-refractivity contribution in [3.8, 4) is 33.9 Å². The van der Waals surface area contributed by atoms with Gasteiger partial charge in [-0.05, 0) is 68.2 Å². The molecule has 10 rings (SSSR count). The number of fused-ring (bicyclic) bond motifs is 8. The van der Waals surface area contributed by atoms with Crippen molar-refractivity contribution >= 4 is 54.1 Å². The summed E-state index contributed by atoms with van der Waals surface area (Å²) in [5, 5.41) is 10.2. The monoisotopic (exact) mass is 637 g/mol. The summed E-state index contributed by atoms with van der Waals surface area (Å²) in [7, 11) is 0. The fraction of sp³-hybridized carbons (Fsp3) is 0.0213. The second kappa shape index (κ2) is 11.5. The van der Waals surface area contributed by atoms with Crippen LogP contribution < -0.4 is 0 Å². The van der Waals surface area contributed by atoms with Gasteiger partial charge >= 0.3 is 0 Å². The summed E-state index contributed by atoms with van der Waals surface area (Å²) in [6.07, 6.45) is 0. The Kier molecular flexibility index (Phi) is 6.56. The maximum Gasteiger partial charge on any atom is 0.160 e. The highest BCUT2D eigenvalue weighted by Crippen LogP contribution is 2.38. The fourth-order valence-electron chi connectivity index (χ4n) is 7.62. The van der Waals surface area contributed by atoms with Crippen molar-refractivity contribution in [1.82, 2.24) is 14.5 Å². The van der Waals surface area contributed by atoms with Crippen molar-refractivity contribution < 1.29 is 0 Å². The summed E-state index contributed by atoms with van der Waals surface area (Å²) in [4.78, 5) is 10.2. The number of aromatic nitrogens is 3. The van der Waals surface area contributed by atoms with E-state index in [0.29, 0.717) is 0 Å². The van der Waals surface area contributed by atoms with E-state index in [9.17, 15) is 0 Å². The fourth-order valence-corrected chi connectivity index (χ4v) is 7.62. The van der Waals surface area contributed by atoms with Crippen LogP contribution in [0, 0.1) is 0 Å². The van der Waals surface area contributed by atoms with Crippen molar-refractivity contribution in [2.45, 2.75) is 6.54 Å². The van der Waals surface area contributed by atoms with Gasteiger partial charge in [0.25, 0.3) is 0 Å². The van der Waals surface area contributed by atoms with E-state index in [-0.39, 0.29) is 0 Å². The molecule has 0 saturated carbocycles. The van der Waals surface area contributed by atoms with Crippen LogP contribution in [-0.4, -0.2) is 14.5 Å². The lowest BCUT2D eigenvalue weighted by Gasteiger charge is -2.12. The number of rotatable bonds is 5. The summed E-state index contributed by atoms with van der Waals surface area (Å²) >= 11 is 0. The van der Waals surface area contributed by atoms with Gasteiger partial charge in [-0.1, -0.05) is 146 Å². The average Bonchev–Trinajstić information content (AvgIpc) is 3.49. The molecule has 0 spiro atoms. The lowest BCUT2D eigenvalue weighted by Crippen LogP contribution is -2.01. The summed E-state index contributed by atoms with van der Waals surface area (Å²) in [6, 6.07) is 62.9. The van der Waals surface area contributed by atoms with E-state index >= 15 is 0 Å². The smallest absolute Gasteiger partial charge is 0.160 e. The van der Waals surface area contributed by atoms with Crippen LogP contribution in [0.15, 0.2) is 176 Å². The number of nitrogens with zero attached hydrogens (tertiary/aromatic N) is 3. The van der Waals surface area contributed by atoms with Crippen LogP contribution >= 0.6 is 0 Å². The van der Waals surface area contributed by atoms with E-state index in [2.05, 4.69) is 168 Å². The molecule has 0 bridgehead atoms. The van der Waals surface area contributed by atoms with Gasteiger partial charge in [-0.2, -0.15) is 0 Å². The van der Waals surface area contributed by atoms with Crippen molar-refractivity contribution in [3.63, 3.8) is 0 Å². The van der Waals surface area contributed by atoms with Crippen molar-refractivity contribution in [2.75, 3.05) is 0 Å². The number of para-hydroxylation sites is 1. The second-order valence-corrected chi connectivity index (χ2v) is 13.0. The maximum absolute atomic E-state index is 5.10. The molecule has 50 heavy (non-hydrogen) atoms. The summed E-state index contributed by atoms with van der Waals surface area (Å²) < 4.78 is 2.47. The highest BCUT2D eigenvalue weighted by Gasteiger charge is 2.15. The minimum atomic E-state index is 0.721. The standard InChI is InChI=1S/C47H31N3/c1-3-14-33(15-4-1)43-29-44(34-16-5-2-6-17-34)49-47(48-43)36-18-11-12-31(26-36)30-50-45-21-10-9-20-40(45)42-27-35-23-25-38-37-19-8-7-13-32(37)22-24-39(38)41(35)28-46(42)50/h1-29H,30H2. The quantitative estimate of drug-likeness (QED) is 0.176. The molecule has 3 heteroatoms. The van der Waals surface area contributed by atoms with E-state index in [1.807, 2.05) is 12.1 Å². The van der Waals surface area contributed by atoms with E-state index < -0.39 is 0 Å². The maximum atomic E-state index is 5.10. The molecule has 2 aromatic heterocycles. The molecule has 3 nitrogen and oxygen atoms in total. The Bertz CT molecular complexity index is 2830. The zero-order valence-corrected chi connectivity index (χ0v) is 27.3. The van der Waals surface area contributed by atoms with Crippen LogP contribution in [0.3, 0.4) is 0 Å². The van der Waals surface area contributed by atoms with E-state index in [1.54, 1.807) is 0 Å². The molecular formula is C47H31N3. The number of benzene rings is 8. The lowest BCUT2D eigenvalue weighted by molar-refractivity contribution is 0.869. The van der Waals surface area contributed by atoms with Gasteiger partial charge < -0.3 is 4.57 Å². The molecule has 0 amide bonds. The summed E-state index contributed by atoms with van der Waals surface area (Å²) in [5.41, 5.74) is 8.63. The van der Waals surface area contributed by atoms with Crippen molar-refractivity contribution in [2.24, 2.45) is 0 Å². The Labute approximate surface area is 289 Å². The number of hydrogen-bond acceptors (Lipinski definition) is 2. The molecule has 0 atom stereocenters. The molecule has 234 valence electrons. The molecule has 0 radical (unpaired) electrons. The Balaban J connectivity index is 1.13. The van der Waals surface area contributed by atoms with Crippen LogP contribution in [-0.2, 0) is 6.54 Å². The van der Waals surface area contributed by atoms with E-state index in [0.717, 1.165) is 40.4 Å². The predicted octanol–water partition coefficient (Wildman–Crippen LogP) is 12.1. The largest absolute Gasteiger partial charge is 0.336 e. The van der Waals surface area contributed by atoms with Gasteiger partial charge in [0.2, 0.25) is 0 Å². The topological polar surface area (TPSA) is 30.7 Å². The highest BCUT2D eigenvalue weighted by atomic mass is 15.0. The van der Waals surface area contributed by atoms with E-state index in [1.165, 1.54) is 59.7 Å². The normalized spacial score (nSPS) is 11.7. The van der Waals surface area contributed by atoms with Gasteiger partial charge in [-0.3, -0.25) is 0 Å². The Hall–Kier alpha value is -6.58. The first-order valence-corrected chi connectivity index (χ1v) is 17.1. The minimum absolute atomic E-state index is 0.721. The molecule has 2 heterocycles. The van der Waals surface area contributed by atoms with Crippen LogP contribution in [0.25, 0.3) is 88.0 Å². The third-order valence-corrected chi connectivity index (χ3v) is 10.0. The number of hydrogen-bond donors (Lipinski definition) is 0. The third kappa shape index (κ3) is 4.75. The second-order valence-electron chi connectivity index (χ2n) is 13.0. The third-order valence-electron chi connectivity index (χ3n) is 10.0. The van der Waals surface area contributed by atoms with Crippen LogP contribution in [0.4, 0.5) is 0 Å². The lowest BCUT2D eigenvalue weighted by atomic mass is 9.96. The molecule has 10 aromatic rings. The Morgan fingerprint density at radius 1 is 0.360 bits per heavy atom. The first kappa shape index (κ1) is 28.4. The van der Waals surface area contributed by atoms with Crippen molar-refractivity contribution in [3.05, 3.63) is 181 Å². The van der Waals surface area contributed by atoms with Crippen LogP contribution in [0.5, 0.6) is 0 Å². The molecule has 0 aliphatic rings. The Morgan fingerprint density at radius 3 is 1.74 bits per heavy atom. The molecule has 0 saturated heterocycles. The molecule has 0 N–H and O–H groups in total. The average molecular weight is 638 g/mol. The Morgan fingerprint density at radius 2 is 0.980 bits per heavy atom. The minimum Gasteiger partial charge on any atom is -0.336 e. The first-order chi connectivity index (χ1) is 24.8. The van der Waals surface area contributed by atoms with Gasteiger partial charge in [0.1, 0.15) is 0 Å². The SMILES string of the molecule is c1ccc(-c2cc(-c3ccccc3)nc(-c3cccc(Cn4c5ccccc5c5cc6ccc7c8ccccc8ccc7c6cc54)c3)n2)cc1. The molecular weight excluding hydrogens is 607 g/mol. The van der Waals surface area contributed by atoms with Gasteiger partial charge in [0.15, 0.2) is 5.82 Å². The molecule has 0 unspecified atom stereocenters.